The van der Waals surface area contributed by atoms with Crippen molar-refractivity contribution in [1.82, 2.24) is 20.5 Å². The van der Waals surface area contributed by atoms with Crippen LogP contribution in [0.1, 0.15) is 35.0 Å². The minimum absolute atomic E-state index is 0.136. The summed E-state index contributed by atoms with van der Waals surface area (Å²) >= 11 is 0. The molecule has 110 valence electrons. The maximum Gasteiger partial charge on any atom is 0.291 e. The third-order valence-corrected chi connectivity index (χ3v) is 3.21. The monoisotopic (exact) mass is 288 g/mol. The van der Waals surface area contributed by atoms with E-state index < -0.39 is 0 Å². The first kappa shape index (κ1) is 13.4. The molecule has 0 fully saturated rings. The van der Waals surface area contributed by atoms with E-state index in [9.17, 15) is 4.79 Å². The Balaban J connectivity index is 1.73. The topological polar surface area (TPSA) is 89.1 Å². The summed E-state index contributed by atoms with van der Waals surface area (Å²) < 4.78 is 11.0. The van der Waals surface area contributed by atoms with Crippen molar-refractivity contribution >= 4 is 5.91 Å². The predicted octanol–water partition coefficient (Wildman–Crippen LogP) is 1.38. The Hall–Kier alpha value is -2.57. The fourth-order valence-electron chi connectivity index (χ4n) is 2.12. The van der Waals surface area contributed by atoms with E-state index >= 15 is 0 Å². The second-order valence-corrected chi connectivity index (χ2v) is 4.84. The summed E-state index contributed by atoms with van der Waals surface area (Å²) in [6.07, 6.45) is 0. The quantitative estimate of drug-likeness (QED) is 0.890. The molecule has 1 amide bonds. The van der Waals surface area contributed by atoms with Gasteiger partial charge in [-0.3, -0.25) is 9.89 Å². The molecule has 7 nitrogen and oxygen atoms in total. The van der Waals surface area contributed by atoms with Crippen molar-refractivity contribution in [3.8, 4) is 11.5 Å². The number of aromatic nitrogens is 3. The van der Waals surface area contributed by atoms with Crippen molar-refractivity contribution in [2.75, 3.05) is 13.2 Å². The number of nitrogens with one attached hydrogen (secondary N) is 2. The van der Waals surface area contributed by atoms with E-state index in [4.69, 9.17) is 9.47 Å². The number of aryl methyl sites for hydroxylation is 1. The number of hydrogen-bond acceptors (Lipinski definition) is 5. The highest BCUT2D eigenvalue weighted by Gasteiger charge is 2.18. The lowest BCUT2D eigenvalue weighted by Crippen LogP contribution is -2.27. The molecule has 1 aliphatic heterocycles. The number of H-pyrrole nitrogens is 1. The van der Waals surface area contributed by atoms with E-state index in [1.807, 2.05) is 25.1 Å². The minimum atomic E-state index is -0.318. The van der Waals surface area contributed by atoms with Crippen LogP contribution in [0.2, 0.25) is 0 Å². The zero-order chi connectivity index (χ0) is 14.8. The Labute approximate surface area is 121 Å². The fraction of sp³-hybridized carbons (Fsp3) is 0.357. The number of carbonyl (C=O) groups excluding carboxylic acids is 1. The summed E-state index contributed by atoms with van der Waals surface area (Å²) in [6.45, 7) is 4.73. The van der Waals surface area contributed by atoms with Gasteiger partial charge < -0.3 is 14.8 Å². The molecule has 7 heteroatoms. The van der Waals surface area contributed by atoms with Gasteiger partial charge >= 0.3 is 0 Å². The van der Waals surface area contributed by atoms with Crippen molar-refractivity contribution in [2.24, 2.45) is 0 Å². The highest BCUT2D eigenvalue weighted by atomic mass is 16.6. The van der Waals surface area contributed by atoms with Gasteiger partial charge in [-0.05, 0) is 31.5 Å². The normalized spacial score (nSPS) is 14.6. The number of aromatic amines is 1. The lowest BCUT2D eigenvalue weighted by molar-refractivity contribution is 0.0929. The number of rotatable bonds is 3. The lowest BCUT2D eigenvalue weighted by Gasteiger charge is -2.20. The van der Waals surface area contributed by atoms with Crippen molar-refractivity contribution in [1.29, 1.82) is 0 Å². The smallest absolute Gasteiger partial charge is 0.291 e. The van der Waals surface area contributed by atoms with E-state index in [0.29, 0.717) is 24.8 Å². The second kappa shape index (κ2) is 5.43. The highest BCUT2D eigenvalue weighted by molar-refractivity contribution is 5.90. The van der Waals surface area contributed by atoms with Crippen LogP contribution >= 0.6 is 0 Å². The number of carbonyl (C=O) groups is 1. The van der Waals surface area contributed by atoms with Gasteiger partial charge in [-0.25, -0.2) is 4.98 Å². The molecule has 1 aromatic carbocycles. The van der Waals surface area contributed by atoms with Crippen LogP contribution in [0.3, 0.4) is 0 Å². The average molecular weight is 288 g/mol. The van der Waals surface area contributed by atoms with Crippen molar-refractivity contribution in [2.45, 2.75) is 19.9 Å². The molecule has 1 atom stereocenters. The second-order valence-electron chi connectivity index (χ2n) is 4.84. The summed E-state index contributed by atoms with van der Waals surface area (Å²) in [6, 6.07) is 5.44. The van der Waals surface area contributed by atoms with Crippen LogP contribution in [-0.2, 0) is 0 Å². The molecule has 0 bridgehead atoms. The summed E-state index contributed by atoms with van der Waals surface area (Å²) in [5, 5.41) is 9.34. The number of amides is 1. The molecule has 0 saturated heterocycles. The first-order valence-electron chi connectivity index (χ1n) is 6.73. The number of ether oxygens (including phenoxy) is 2. The lowest BCUT2D eigenvalue weighted by atomic mass is 10.1. The van der Waals surface area contributed by atoms with Gasteiger partial charge in [-0.1, -0.05) is 6.07 Å². The van der Waals surface area contributed by atoms with Crippen LogP contribution in [0.25, 0.3) is 0 Å². The molecule has 0 aliphatic carbocycles. The largest absolute Gasteiger partial charge is 0.486 e. The Kier molecular flexibility index (Phi) is 3.47. The number of nitrogens with zero attached hydrogens (tertiary/aromatic N) is 2. The van der Waals surface area contributed by atoms with Crippen molar-refractivity contribution < 1.29 is 14.3 Å². The third kappa shape index (κ3) is 2.81. The molecule has 2 N–H and O–H groups in total. The van der Waals surface area contributed by atoms with Gasteiger partial charge in [0.25, 0.3) is 5.91 Å². The minimum Gasteiger partial charge on any atom is -0.486 e. The van der Waals surface area contributed by atoms with E-state index in [1.165, 1.54) is 0 Å². The molecule has 0 saturated carbocycles. The van der Waals surface area contributed by atoms with Crippen LogP contribution < -0.4 is 14.8 Å². The van der Waals surface area contributed by atoms with E-state index in [1.54, 1.807) is 6.92 Å². The third-order valence-electron chi connectivity index (χ3n) is 3.21. The molecule has 21 heavy (non-hydrogen) atoms. The average Bonchev–Trinajstić information content (AvgIpc) is 2.93. The maximum absolute atomic E-state index is 12.0. The summed E-state index contributed by atoms with van der Waals surface area (Å²) in [4.78, 5) is 16.0. The first-order chi connectivity index (χ1) is 10.1. The molecule has 1 unspecified atom stereocenters. The highest BCUT2D eigenvalue weighted by Crippen LogP contribution is 2.32. The van der Waals surface area contributed by atoms with Crippen LogP contribution in [0.5, 0.6) is 11.5 Å². The maximum atomic E-state index is 12.0. The Morgan fingerprint density at radius 2 is 2.10 bits per heavy atom. The molecule has 0 spiro atoms. The molecule has 1 aliphatic rings. The van der Waals surface area contributed by atoms with E-state index in [0.717, 1.165) is 11.3 Å². The van der Waals surface area contributed by atoms with Gasteiger partial charge in [0.05, 0.1) is 6.04 Å². The summed E-state index contributed by atoms with van der Waals surface area (Å²) in [7, 11) is 0. The van der Waals surface area contributed by atoms with Crippen LogP contribution in [-0.4, -0.2) is 34.3 Å². The standard InChI is InChI=1S/C14H16N4O3/c1-8(15-14(19)13-16-9(2)17-18-13)10-3-4-11-12(7-10)21-6-5-20-11/h3-4,7-8H,5-6H2,1-2H3,(H,15,19)(H,16,17,18). The molecule has 1 aromatic heterocycles. The van der Waals surface area contributed by atoms with Crippen LogP contribution in [0.15, 0.2) is 18.2 Å². The van der Waals surface area contributed by atoms with Gasteiger partial charge in [0.2, 0.25) is 5.82 Å². The summed E-state index contributed by atoms with van der Waals surface area (Å²) in [5.41, 5.74) is 0.930. The van der Waals surface area contributed by atoms with Crippen LogP contribution in [0, 0.1) is 6.92 Å². The van der Waals surface area contributed by atoms with Crippen molar-refractivity contribution in [3.05, 3.63) is 35.4 Å². The fourth-order valence-corrected chi connectivity index (χ4v) is 2.12. The predicted molar refractivity (Wildman–Crippen MR) is 74.4 cm³/mol. The Bertz CT molecular complexity index is 668. The number of benzene rings is 1. The van der Waals surface area contributed by atoms with E-state index in [-0.39, 0.29) is 17.8 Å². The first-order valence-corrected chi connectivity index (χ1v) is 6.73. The number of fused-ring (bicyclic) bond motifs is 1. The van der Waals surface area contributed by atoms with E-state index in [2.05, 4.69) is 20.5 Å². The van der Waals surface area contributed by atoms with Gasteiger partial charge in [-0.15, -0.1) is 5.10 Å². The van der Waals surface area contributed by atoms with Crippen LogP contribution in [0.4, 0.5) is 0 Å². The number of hydrogen-bond donors (Lipinski definition) is 2. The Morgan fingerprint density at radius 3 is 2.81 bits per heavy atom. The molecular formula is C14H16N4O3. The molecule has 0 radical (unpaired) electrons. The molecule has 3 rings (SSSR count). The molecular weight excluding hydrogens is 272 g/mol. The zero-order valence-corrected chi connectivity index (χ0v) is 11.8. The van der Waals surface area contributed by atoms with Gasteiger partial charge in [0, 0.05) is 0 Å². The van der Waals surface area contributed by atoms with Gasteiger partial charge in [0.15, 0.2) is 11.5 Å². The Morgan fingerprint density at radius 1 is 1.33 bits per heavy atom. The SMILES string of the molecule is Cc1nc(C(=O)NC(C)c2ccc3c(c2)OCCO3)n[nH]1. The molecule has 2 heterocycles. The molecule has 2 aromatic rings. The van der Waals surface area contributed by atoms with Gasteiger partial charge in [-0.2, -0.15) is 0 Å². The van der Waals surface area contributed by atoms with Gasteiger partial charge in [0.1, 0.15) is 19.0 Å². The zero-order valence-electron chi connectivity index (χ0n) is 11.8. The van der Waals surface area contributed by atoms with Crippen molar-refractivity contribution in [3.63, 3.8) is 0 Å². The summed E-state index contributed by atoms with van der Waals surface area (Å²) in [5.74, 6) is 1.85.